The minimum Gasteiger partial charge on any atom is -0.325 e. The Morgan fingerprint density at radius 2 is 1.84 bits per heavy atom. The zero-order chi connectivity index (χ0) is 13.7. The molecule has 2 aliphatic rings. The van der Waals surface area contributed by atoms with Crippen molar-refractivity contribution in [1.82, 2.24) is 5.32 Å². The molecule has 1 aromatic carbocycles. The summed E-state index contributed by atoms with van der Waals surface area (Å²) in [7, 11) is 0. The van der Waals surface area contributed by atoms with Crippen LogP contribution in [0, 0.1) is 0 Å². The van der Waals surface area contributed by atoms with E-state index in [1.807, 2.05) is 0 Å². The lowest BCUT2D eigenvalue weighted by Gasteiger charge is -2.32. The van der Waals surface area contributed by atoms with Crippen LogP contribution in [-0.4, -0.2) is 19.0 Å². The number of halogens is 3. The summed E-state index contributed by atoms with van der Waals surface area (Å²) in [5.41, 5.74) is -0.365. The Hall–Kier alpha value is -1.56. The van der Waals surface area contributed by atoms with Gasteiger partial charge in [0.1, 0.15) is 0 Å². The third kappa shape index (κ3) is 1.82. The second kappa shape index (κ2) is 3.96. The molecule has 0 radical (unpaired) electrons. The number of hydrogen-bond acceptors (Lipinski definition) is 2. The first kappa shape index (κ1) is 12.5. The normalized spacial score (nSPS) is 21.3. The van der Waals surface area contributed by atoms with Crippen LogP contribution < -0.4 is 10.6 Å². The number of alkyl halides is 3. The first-order valence-corrected chi connectivity index (χ1v) is 6.17. The smallest absolute Gasteiger partial charge is 0.325 e. The van der Waals surface area contributed by atoms with Gasteiger partial charge in [-0.1, -0.05) is 6.07 Å². The highest BCUT2D eigenvalue weighted by molar-refractivity contribution is 6.06. The topological polar surface area (TPSA) is 41.1 Å². The molecular weight excluding hydrogens is 257 g/mol. The molecule has 2 heterocycles. The van der Waals surface area contributed by atoms with Crippen LogP contribution >= 0.6 is 0 Å². The Morgan fingerprint density at radius 1 is 1.16 bits per heavy atom. The molecule has 2 aliphatic heterocycles. The SMILES string of the molecule is O=C1Nc2cc(C(F)(F)F)ccc2C12CCNCC2. The largest absolute Gasteiger partial charge is 0.416 e. The molecule has 1 aromatic rings. The lowest BCUT2D eigenvalue weighted by molar-refractivity contribution is -0.137. The van der Waals surface area contributed by atoms with E-state index in [9.17, 15) is 18.0 Å². The molecule has 6 heteroatoms. The predicted octanol–water partition coefficient (Wildman–Crippen LogP) is 2.28. The number of piperidine rings is 1. The molecule has 1 fully saturated rings. The van der Waals surface area contributed by atoms with E-state index in [4.69, 9.17) is 0 Å². The van der Waals surface area contributed by atoms with Crippen molar-refractivity contribution in [3.8, 4) is 0 Å². The minimum absolute atomic E-state index is 0.177. The monoisotopic (exact) mass is 270 g/mol. The Labute approximate surface area is 108 Å². The molecule has 1 amide bonds. The van der Waals surface area contributed by atoms with Crippen molar-refractivity contribution in [3.05, 3.63) is 29.3 Å². The van der Waals surface area contributed by atoms with Crippen LogP contribution in [0.5, 0.6) is 0 Å². The highest BCUT2D eigenvalue weighted by atomic mass is 19.4. The number of nitrogens with one attached hydrogen (secondary N) is 2. The summed E-state index contributed by atoms with van der Waals surface area (Å²) in [6.45, 7) is 1.40. The van der Waals surface area contributed by atoms with Crippen molar-refractivity contribution in [1.29, 1.82) is 0 Å². The maximum atomic E-state index is 12.7. The summed E-state index contributed by atoms with van der Waals surface area (Å²) >= 11 is 0. The van der Waals surface area contributed by atoms with E-state index < -0.39 is 17.2 Å². The third-order valence-corrected chi connectivity index (χ3v) is 4.00. The van der Waals surface area contributed by atoms with Crippen molar-refractivity contribution in [2.24, 2.45) is 0 Å². The van der Waals surface area contributed by atoms with Gasteiger partial charge in [0.2, 0.25) is 5.91 Å². The number of amides is 1. The fourth-order valence-corrected chi connectivity index (χ4v) is 2.96. The van der Waals surface area contributed by atoms with E-state index in [1.165, 1.54) is 6.07 Å². The van der Waals surface area contributed by atoms with Gasteiger partial charge >= 0.3 is 6.18 Å². The lowest BCUT2D eigenvalue weighted by Crippen LogP contribution is -2.44. The zero-order valence-electron chi connectivity index (χ0n) is 10.1. The maximum absolute atomic E-state index is 12.7. The molecule has 1 saturated heterocycles. The summed E-state index contributed by atoms with van der Waals surface area (Å²) < 4.78 is 38.0. The van der Waals surface area contributed by atoms with Gasteiger partial charge < -0.3 is 10.6 Å². The second-order valence-corrected chi connectivity index (χ2v) is 5.04. The zero-order valence-corrected chi connectivity index (χ0v) is 10.1. The molecule has 0 saturated carbocycles. The van der Waals surface area contributed by atoms with E-state index in [-0.39, 0.29) is 5.91 Å². The van der Waals surface area contributed by atoms with Gasteiger partial charge in [-0.15, -0.1) is 0 Å². The number of carbonyl (C=O) groups excluding carboxylic acids is 1. The van der Waals surface area contributed by atoms with E-state index in [1.54, 1.807) is 0 Å². The average Bonchev–Trinajstić information content (AvgIpc) is 2.62. The fourth-order valence-electron chi connectivity index (χ4n) is 2.96. The van der Waals surface area contributed by atoms with Crippen molar-refractivity contribution in [2.45, 2.75) is 24.4 Å². The van der Waals surface area contributed by atoms with Crippen molar-refractivity contribution >= 4 is 11.6 Å². The number of fused-ring (bicyclic) bond motifs is 2. The summed E-state index contributed by atoms with van der Waals surface area (Å²) in [6.07, 6.45) is -3.14. The summed E-state index contributed by atoms with van der Waals surface area (Å²) in [5.74, 6) is -0.177. The van der Waals surface area contributed by atoms with Gasteiger partial charge in [-0.2, -0.15) is 13.2 Å². The Balaban J connectivity index is 2.06. The van der Waals surface area contributed by atoms with Crippen LogP contribution in [0.25, 0.3) is 0 Å². The number of carbonyl (C=O) groups is 1. The molecule has 0 aromatic heterocycles. The molecule has 3 rings (SSSR count). The summed E-state index contributed by atoms with van der Waals surface area (Å²) in [6, 6.07) is 3.54. The first-order valence-electron chi connectivity index (χ1n) is 6.17. The number of benzene rings is 1. The molecule has 0 atom stereocenters. The maximum Gasteiger partial charge on any atom is 0.416 e. The Morgan fingerprint density at radius 3 is 2.47 bits per heavy atom. The summed E-state index contributed by atoms with van der Waals surface area (Å²) in [5, 5.41) is 5.77. The molecule has 1 spiro atoms. The molecule has 0 unspecified atom stereocenters. The van der Waals surface area contributed by atoms with Crippen molar-refractivity contribution < 1.29 is 18.0 Å². The van der Waals surface area contributed by atoms with E-state index in [2.05, 4.69) is 10.6 Å². The van der Waals surface area contributed by atoms with E-state index in [0.717, 1.165) is 12.1 Å². The molecule has 2 N–H and O–H groups in total. The quantitative estimate of drug-likeness (QED) is 0.759. The van der Waals surface area contributed by atoms with Gasteiger partial charge in [0.05, 0.1) is 11.0 Å². The van der Waals surface area contributed by atoms with Gasteiger partial charge in [0.15, 0.2) is 0 Å². The van der Waals surface area contributed by atoms with Gasteiger partial charge in [0, 0.05) is 5.69 Å². The van der Waals surface area contributed by atoms with Crippen LogP contribution in [-0.2, 0) is 16.4 Å². The first-order chi connectivity index (χ1) is 8.93. The Kier molecular flexibility index (Phi) is 2.60. The average molecular weight is 270 g/mol. The molecular formula is C13H13F3N2O. The molecule has 0 bridgehead atoms. The van der Waals surface area contributed by atoms with Crippen molar-refractivity contribution in [2.75, 3.05) is 18.4 Å². The van der Waals surface area contributed by atoms with Gasteiger partial charge in [0.25, 0.3) is 0 Å². The molecule has 102 valence electrons. The van der Waals surface area contributed by atoms with Crippen LogP contribution in [0.2, 0.25) is 0 Å². The molecule has 19 heavy (non-hydrogen) atoms. The van der Waals surface area contributed by atoms with Gasteiger partial charge in [-0.05, 0) is 43.6 Å². The van der Waals surface area contributed by atoms with Crippen molar-refractivity contribution in [3.63, 3.8) is 0 Å². The molecule has 3 nitrogen and oxygen atoms in total. The van der Waals surface area contributed by atoms with Crippen LogP contribution in [0.3, 0.4) is 0 Å². The van der Waals surface area contributed by atoms with E-state index >= 15 is 0 Å². The van der Waals surface area contributed by atoms with Crippen LogP contribution in [0.4, 0.5) is 18.9 Å². The highest BCUT2D eigenvalue weighted by Crippen LogP contribution is 2.45. The number of hydrogen-bond donors (Lipinski definition) is 2. The standard InChI is InChI=1S/C13H13F3N2O/c14-13(15,16)8-1-2-9-10(7-8)18-11(19)12(9)3-5-17-6-4-12/h1-2,7,17H,3-6H2,(H,18,19). The number of anilines is 1. The molecule has 0 aliphatic carbocycles. The highest BCUT2D eigenvalue weighted by Gasteiger charge is 2.47. The number of rotatable bonds is 0. The minimum atomic E-state index is -4.39. The van der Waals surface area contributed by atoms with Gasteiger partial charge in [-0.3, -0.25) is 4.79 Å². The third-order valence-electron chi connectivity index (χ3n) is 4.00. The van der Waals surface area contributed by atoms with E-state index in [0.29, 0.717) is 37.2 Å². The second-order valence-electron chi connectivity index (χ2n) is 5.04. The lowest BCUT2D eigenvalue weighted by atomic mass is 9.74. The predicted molar refractivity (Wildman–Crippen MR) is 63.9 cm³/mol. The Bertz CT molecular complexity index is 533. The van der Waals surface area contributed by atoms with Crippen LogP contribution in [0.15, 0.2) is 18.2 Å². The summed E-state index contributed by atoms with van der Waals surface area (Å²) in [4.78, 5) is 12.1. The van der Waals surface area contributed by atoms with Crippen LogP contribution in [0.1, 0.15) is 24.0 Å². The fraction of sp³-hybridized carbons (Fsp3) is 0.462. The van der Waals surface area contributed by atoms with Gasteiger partial charge in [-0.25, -0.2) is 0 Å².